The molecule has 0 bridgehead atoms. The number of carbonyl (C=O) groups is 1. The van der Waals surface area contributed by atoms with E-state index in [1.165, 1.54) is 7.11 Å². The standard InChI is InChI=1S/C13H12BrNO4/c1-15(2)10-7-5-4-6-8(14)11(7)19-13(17)9(10)12(16)18-3/h4-6H,1-3H3. The Kier molecular flexibility index (Phi) is 3.61. The first-order chi connectivity index (χ1) is 8.97. The van der Waals surface area contributed by atoms with Crippen molar-refractivity contribution >= 4 is 38.6 Å². The number of fused-ring (bicyclic) bond motifs is 1. The Labute approximate surface area is 117 Å². The molecule has 0 saturated heterocycles. The van der Waals surface area contributed by atoms with Gasteiger partial charge in [-0.2, -0.15) is 0 Å². The summed E-state index contributed by atoms with van der Waals surface area (Å²) in [5.41, 5.74) is 0.0799. The van der Waals surface area contributed by atoms with Crippen molar-refractivity contribution in [2.45, 2.75) is 0 Å². The molecule has 1 heterocycles. The van der Waals surface area contributed by atoms with Crippen LogP contribution in [0.25, 0.3) is 11.0 Å². The molecule has 0 atom stereocenters. The van der Waals surface area contributed by atoms with Crippen LogP contribution in [0.2, 0.25) is 0 Å². The molecule has 0 aliphatic rings. The van der Waals surface area contributed by atoms with E-state index in [9.17, 15) is 9.59 Å². The van der Waals surface area contributed by atoms with Crippen molar-refractivity contribution in [2.75, 3.05) is 26.1 Å². The van der Waals surface area contributed by atoms with Gasteiger partial charge in [0.2, 0.25) is 0 Å². The first-order valence-corrected chi connectivity index (χ1v) is 6.27. The van der Waals surface area contributed by atoms with Crippen molar-refractivity contribution in [3.05, 3.63) is 38.7 Å². The highest BCUT2D eigenvalue weighted by Gasteiger charge is 2.23. The van der Waals surface area contributed by atoms with Crippen LogP contribution in [0.1, 0.15) is 10.4 Å². The van der Waals surface area contributed by atoms with E-state index < -0.39 is 11.6 Å². The molecule has 1 aromatic carbocycles. The number of benzene rings is 1. The number of rotatable bonds is 2. The number of ether oxygens (including phenoxy) is 1. The molecule has 19 heavy (non-hydrogen) atoms. The number of methoxy groups -OCH3 is 1. The third kappa shape index (κ3) is 2.23. The van der Waals surface area contributed by atoms with E-state index in [0.717, 1.165) is 0 Å². The van der Waals surface area contributed by atoms with E-state index in [1.54, 1.807) is 37.2 Å². The lowest BCUT2D eigenvalue weighted by Crippen LogP contribution is -2.23. The summed E-state index contributed by atoms with van der Waals surface area (Å²) >= 11 is 3.33. The second kappa shape index (κ2) is 5.05. The molecule has 2 aromatic rings. The van der Waals surface area contributed by atoms with E-state index in [4.69, 9.17) is 4.42 Å². The highest BCUT2D eigenvalue weighted by molar-refractivity contribution is 9.10. The van der Waals surface area contributed by atoms with E-state index in [1.807, 2.05) is 0 Å². The molecule has 0 unspecified atom stereocenters. The van der Waals surface area contributed by atoms with Gasteiger partial charge in [0.25, 0.3) is 0 Å². The largest absolute Gasteiger partial charge is 0.465 e. The minimum atomic E-state index is -0.713. The second-order valence-corrected chi connectivity index (χ2v) is 4.97. The molecule has 0 spiro atoms. The SMILES string of the molecule is COC(=O)c1c(N(C)C)c2cccc(Br)c2oc1=O. The summed E-state index contributed by atoms with van der Waals surface area (Å²) in [5, 5.41) is 0.666. The highest BCUT2D eigenvalue weighted by Crippen LogP contribution is 2.31. The Morgan fingerprint density at radius 2 is 2.05 bits per heavy atom. The maximum atomic E-state index is 12.0. The lowest BCUT2D eigenvalue weighted by Gasteiger charge is -2.17. The van der Waals surface area contributed by atoms with Crippen molar-refractivity contribution in [3.63, 3.8) is 0 Å². The van der Waals surface area contributed by atoms with Gasteiger partial charge in [-0.05, 0) is 28.1 Å². The maximum Gasteiger partial charge on any atom is 0.353 e. The predicted octanol–water partition coefficient (Wildman–Crippen LogP) is 2.41. The smallest absolute Gasteiger partial charge is 0.353 e. The van der Waals surface area contributed by atoms with Crippen LogP contribution in [0.15, 0.2) is 31.9 Å². The van der Waals surface area contributed by atoms with E-state index >= 15 is 0 Å². The molecular weight excluding hydrogens is 314 g/mol. The molecule has 5 nitrogen and oxygen atoms in total. The van der Waals surface area contributed by atoms with Crippen LogP contribution >= 0.6 is 15.9 Å². The molecule has 0 fully saturated rings. The van der Waals surface area contributed by atoms with Crippen molar-refractivity contribution in [2.24, 2.45) is 0 Å². The van der Waals surface area contributed by atoms with Gasteiger partial charge in [-0.15, -0.1) is 0 Å². The summed E-state index contributed by atoms with van der Waals surface area (Å²) in [6.45, 7) is 0. The molecule has 1 aromatic heterocycles. The lowest BCUT2D eigenvalue weighted by atomic mass is 10.1. The summed E-state index contributed by atoms with van der Waals surface area (Å²) in [6.07, 6.45) is 0. The summed E-state index contributed by atoms with van der Waals surface area (Å²) in [4.78, 5) is 25.5. The van der Waals surface area contributed by atoms with Crippen LogP contribution < -0.4 is 10.5 Å². The van der Waals surface area contributed by atoms with Crippen LogP contribution in [0.4, 0.5) is 5.69 Å². The molecular formula is C13H12BrNO4. The van der Waals surface area contributed by atoms with Crippen molar-refractivity contribution in [3.8, 4) is 0 Å². The van der Waals surface area contributed by atoms with Crippen LogP contribution in [0.3, 0.4) is 0 Å². The number of halogens is 1. The predicted molar refractivity (Wildman–Crippen MR) is 75.9 cm³/mol. The number of para-hydroxylation sites is 1. The Hall–Kier alpha value is -1.82. The van der Waals surface area contributed by atoms with Crippen molar-refractivity contribution in [1.29, 1.82) is 0 Å². The Balaban J connectivity index is 2.98. The van der Waals surface area contributed by atoms with Crippen LogP contribution in [-0.4, -0.2) is 27.2 Å². The molecule has 0 aliphatic carbocycles. The van der Waals surface area contributed by atoms with Gasteiger partial charge < -0.3 is 14.1 Å². The first kappa shape index (κ1) is 13.6. The van der Waals surface area contributed by atoms with E-state index in [0.29, 0.717) is 21.1 Å². The summed E-state index contributed by atoms with van der Waals surface area (Å²) in [7, 11) is 4.73. The van der Waals surface area contributed by atoms with Crippen LogP contribution in [0, 0.1) is 0 Å². The quantitative estimate of drug-likeness (QED) is 0.626. The maximum absolute atomic E-state index is 12.0. The molecule has 0 aliphatic heterocycles. The summed E-state index contributed by atoms with van der Waals surface area (Å²) < 4.78 is 10.5. The number of nitrogens with zero attached hydrogens (tertiary/aromatic N) is 1. The number of anilines is 1. The molecule has 6 heteroatoms. The molecule has 0 amide bonds. The second-order valence-electron chi connectivity index (χ2n) is 4.12. The number of carbonyl (C=O) groups excluding carboxylic acids is 1. The van der Waals surface area contributed by atoms with Gasteiger partial charge in [0, 0.05) is 19.5 Å². The average Bonchev–Trinajstić information content (AvgIpc) is 2.37. The Morgan fingerprint density at radius 1 is 1.37 bits per heavy atom. The number of esters is 1. The van der Waals surface area contributed by atoms with Gasteiger partial charge in [-0.3, -0.25) is 0 Å². The third-order valence-electron chi connectivity index (χ3n) is 2.69. The zero-order valence-corrected chi connectivity index (χ0v) is 12.3. The van der Waals surface area contributed by atoms with Gasteiger partial charge in [0.05, 0.1) is 17.3 Å². The van der Waals surface area contributed by atoms with E-state index in [-0.39, 0.29) is 5.56 Å². The van der Waals surface area contributed by atoms with Crippen LogP contribution in [-0.2, 0) is 4.74 Å². The fourth-order valence-electron chi connectivity index (χ4n) is 1.92. The minimum absolute atomic E-state index is 0.0990. The van der Waals surface area contributed by atoms with Crippen LogP contribution in [0.5, 0.6) is 0 Å². The normalized spacial score (nSPS) is 10.5. The van der Waals surface area contributed by atoms with Crippen molar-refractivity contribution < 1.29 is 13.9 Å². The molecule has 100 valence electrons. The molecule has 0 radical (unpaired) electrons. The summed E-state index contributed by atoms with van der Waals surface area (Å²) in [6, 6.07) is 5.35. The lowest BCUT2D eigenvalue weighted by molar-refractivity contribution is 0.0597. The molecule has 0 N–H and O–H groups in total. The van der Waals surface area contributed by atoms with Crippen molar-refractivity contribution in [1.82, 2.24) is 0 Å². The summed E-state index contributed by atoms with van der Waals surface area (Å²) in [5.74, 6) is -0.709. The van der Waals surface area contributed by atoms with Gasteiger partial charge in [-0.25, -0.2) is 9.59 Å². The fraction of sp³-hybridized carbons (Fsp3) is 0.231. The number of hydrogen-bond donors (Lipinski definition) is 0. The Bertz CT molecular complexity index is 706. The van der Waals surface area contributed by atoms with E-state index in [2.05, 4.69) is 20.7 Å². The fourth-order valence-corrected chi connectivity index (χ4v) is 2.37. The van der Waals surface area contributed by atoms with Gasteiger partial charge in [0.15, 0.2) is 11.1 Å². The average molecular weight is 326 g/mol. The zero-order chi connectivity index (χ0) is 14.2. The zero-order valence-electron chi connectivity index (χ0n) is 10.7. The minimum Gasteiger partial charge on any atom is -0.465 e. The monoisotopic (exact) mass is 325 g/mol. The first-order valence-electron chi connectivity index (χ1n) is 5.48. The van der Waals surface area contributed by atoms with Gasteiger partial charge in [-0.1, -0.05) is 6.07 Å². The van der Waals surface area contributed by atoms with Gasteiger partial charge >= 0.3 is 11.6 Å². The topological polar surface area (TPSA) is 59.8 Å². The Morgan fingerprint density at radius 3 is 2.63 bits per heavy atom. The molecule has 2 rings (SSSR count). The number of hydrogen-bond acceptors (Lipinski definition) is 5. The molecule has 0 saturated carbocycles. The van der Waals surface area contributed by atoms with Gasteiger partial charge in [0.1, 0.15) is 0 Å². The highest BCUT2D eigenvalue weighted by atomic mass is 79.9. The third-order valence-corrected chi connectivity index (χ3v) is 3.32.